The smallest absolute Gasteiger partial charge is 0.191 e. The molecule has 0 amide bonds. The first-order valence-electron chi connectivity index (χ1n) is 7.57. The van der Waals surface area contributed by atoms with E-state index in [1.165, 1.54) is 0 Å². The number of rotatable bonds is 5. The molecule has 0 bridgehead atoms. The third-order valence-corrected chi connectivity index (χ3v) is 9.43. The maximum Gasteiger partial charge on any atom is 0.191 e. The van der Waals surface area contributed by atoms with Crippen LogP contribution < -0.4 is 0 Å². The summed E-state index contributed by atoms with van der Waals surface area (Å²) >= 11 is 0. The van der Waals surface area contributed by atoms with Crippen LogP contribution in [0.4, 0.5) is 0 Å². The van der Waals surface area contributed by atoms with Crippen LogP contribution in [-0.2, 0) is 4.43 Å². The summed E-state index contributed by atoms with van der Waals surface area (Å²) in [5, 5.41) is 9.80. The Kier molecular flexibility index (Phi) is 5.44. The standard InChI is InChI=1S/C16H32O2Si/c1-15(2,3)19(5,6)18-13-7-10-16(4)11-8-14(17)9-12-16/h8,11,14,17H,7,9-10,12-13H2,1-6H3/t14-,16+/m0/s1. The van der Waals surface area contributed by atoms with Crippen molar-refractivity contribution >= 4 is 8.32 Å². The minimum Gasteiger partial charge on any atom is -0.417 e. The Balaban J connectivity index is 2.34. The van der Waals surface area contributed by atoms with Crippen molar-refractivity contribution in [1.29, 1.82) is 0 Å². The molecule has 1 aliphatic carbocycles. The lowest BCUT2D eigenvalue weighted by atomic mass is 9.77. The van der Waals surface area contributed by atoms with Gasteiger partial charge in [0.15, 0.2) is 8.32 Å². The maximum atomic E-state index is 9.50. The predicted molar refractivity (Wildman–Crippen MR) is 84.9 cm³/mol. The average Bonchev–Trinajstić information content (AvgIpc) is 2.28. The Morgan fingerprint density at radius 2 is 2.00 bits per heavy atom. The van der Waals surface area contributed by atoms with Gasteiger partial charge in [0.05, 0.1) is 6.10 Å². The number of aliphatic hydroxyl groups is 1. The topological polar surface area (TPSA) is 29.5 Å². The summed E-state index contributed by atoms with van der Waals surface area (Å²) in [6.45, 7) is 14.6. The molecular weight excluding hydrogens is 252 g/mol. The number of hydrogen-bond donors (Lipinski definition) is 1. The van der Waals surface area contributed by atoms with Crippen LogP contribution in [0.3, 0.4) is 0 Å². The van der Waals surface area contributed by atoms with Crippen LogP contribution >= 0.6 is 0 Å². The molecule has 0 fully saturated rings. The second-order valence-corrected chi connectivity index (χ2v) is 12.6. The Hall–Kier alpha value is -0.123. The minimum absolute atomic E-state index is 0.225. The highest BCUT2D eigenvalue weighted by atomic mass is 28.4. The van der Waals surface area contributed by atoms with Gasteiger partial charge in [-0.15, -0.1) is 0 Å². The van der Waals surface area contributed by atoms with Gasteiger partial charge < -0.3 is 9.53 Å². The molecule has 1 N–H and O–H groups in total. The van der Waals surface area contributed by atoms with Crippen molar-refractivity contribution in [1.82, 2.24) is 0 Å². The lowest BCUT2D eigenvalue weighted by molar-refractivity contribution is 0.166. The van der Waals surface area contributed by atoms with E-state index in [1.54, 1.807) is 0 Å². The SMILES string of the molecule is CC(C)(C)[Si](C)(C)OCCC[C@]1(C)C=C[C@H](O)CC1. The molecule has 3 heteroatoms. The summed E-state index contributed by atoms with van der Waals surface area (Å²) in [6.07, 6.45) is 8.19. The minimum atomic E-state index is -1.58. The maximum absolute atomic E-state index is 9.50. The van der Waals surface area contributed by atoms with Crippen molar-refractivity contribution in [2.45, 2.75) is 77.6 Å². The summed E-state index contributed by atoms with van der Waals surface area (Å²) in [4.78, 5) is 0. The first-order chi connectivity index (χ1) is 8.56. The summed E-state index contributed by atoms with van der Waals surface area (Å²) in [5.74, 6) is 0. The Morgan fingerprint density at radius 1 is 1.37 bits per heavy atom. The molecule has 0 spiro atoms. The van der Waals surface area contributed by atoms with Gasteiger partial charge in [-0.05, 0) is 49.2 Å². The van der Waals surface area contributed by atoms with Crippen LogP contribution in [0.2, 0.25) is 18.1 Å². The van der Waals surface area contributed by atoms with Gasteiger partial charge in [-0.2, -0.15) is 0 Å². The zero-order chi connectivity index (χ0) is 14.7. The zero-order valence-electron chi connectivity index (χ0n) is 13.6. The summed E-state index contributed by atoms with van der Waals surface area (Å²) < 4.78 is 6.22. The lowest BCUT2D eigenvalue weighted by Gasteiger charge is -2.37. The third kappa shape index (κ3) is 5.05. The van der Waals surface area contributed by atoms with Gasteiger partial charge in [0, 0.05) is 6.61 Å². The molecule has 0 saturated heterocycles. The quantitative estimate of drug-likeness (QED) is 0.457. The van der Waals surface area contributed by atoms with Crippen molar-refractivity contribution in [3.63, 3.8) is 0 Å². The average molecular weight is 285 g/mol. The molecule has 1 rings (SSSR count). The van der Waals surface area contributed by atoms with Crippen molar-refractivity contribution in [3.8, 4) is 0 Å². The fourth-order valence-corrected chi connectivity index (χ4v) is 3.32. The van der Waals surface area contributed by atoms with Crippen molar-refractivity contribution in [2.75, 3.05) is 6.61 Å². The first kappa shape index (κ1) is 16.9. The fraction of sp³-hybridized carbons (Fsp3) is 0.875. The molecule has 2 nitrogen and oxygen atoms in total. The molecule has 0 aromatic carbocycles. The summed E-state index contributed by atoms with van der Waals surface area (Å²) in [5.41, 5.74) is 0.260. The van der Waals surface area contributed by atoms with E-state index in [0.717, 1.165) is 32.3 Å². The highest BCUT2D eigenvalue weighted by molar-refractivity contribution is 6.74. The van der Waals surface area contributed by atoms with Gasteiger partial charge in [0.1, 0.15) is 0 Å². The van der Waals surface area contributed by atoms with Crippen LogP contribution in [0.15, 0.2) is 12.2 Å². The molecule has 0 aromatic heterocycles. The second-order valence-electron chi connectivity index (χ2n) is 7.83. The molecule has 0 radical (unpaired) electrons. The highest BCUT2D eigenvalue weighted by Gasteiger charge is 2.37. The van der Waals surface area contributed by atoms with E-state index in [4.69, 9.17) is 4.43 Å². The largest absolute Gasteiger partial charge is 0.417 e. The fourth-order valence-electron chi connectivity index (χ4n) is 2.23. The predicted octanol–water partition coefficient (Wildman–Crippen LogP) is 4.51. The highest BCUT2D eigenvalue weighted by Crippen LogP contribution is 2.38. The van der Waals surface area contributed by atoms with Crippen molar-refractivity contribution in [3.05, 3.63) is 12.2 Å². The van der Waals surface area contributed by atoms with E-state index in [-0.39, 0.29) is 11.5 Å². The number of allylic oxidation sites excluding steroid dienone is 1. The van der Waals surface area contributed by atoms with Crippen LogP contribution in [0.1, 0.15) is 53.4 Å². The lowest BCUT2D eigenvalue weighted by Crippen LogP contribution is -2.41. The van der Waals surface area contributed by atoms with E-state index >= 15 is 0 Å². The van der Waals surface area contributed by atoms with Gasteiger partial charge in [0.25, 0.3) is 0 Å². The zero-order valence-corrected chi connectivity index (χ0v) is 14.6. The van der Waals surface area contributed by atoms with Crippen LogP contribution in [0.5, 0.6) is 0 Å². The molecule has 0 aromatic rings. The molecule has 0 saturated carbocycles. The summed E-state index contributed by atoms with van der Waals surface area (Å²) in [6, 6.07) is 0. The molecule has 0 aliphatic heterocycles. The molecule has 1 aliphatic rings. The Bertz CT molecular complexity index is 317. The normalized spacial score (nSPS) is 28.7. The number of aliphatic hydroxyl groups excluding tert-OH is 1. The molecular formula is C16H32O2Si. The van der Waals surface area contributed by atoms with Gasteiger partial charge in [-0.3, -0.25) is 0 Å². The molecule has 19 heavy (non-hydrogen) atoms. The van der Waals surface area contributed by atoms with Crippen molar-refractivity contribution in [2.24, 2.45) is 5.41 Å². The Labute approximate surface area is 120 Å². The van der Waals surface area contributed by atoms with Gasteiger partial charge >= 0.3 is 0 Å². The molecule has 2 atom stereocenters. The van der Waals surface area contributed by atoms with E-state index in [9.17, 15) is 5.11 Å². The van der Waals surface area contributed by atoms with Crippen molar-refractivity contribution < 1.29 is 9.53 Å². The van der Waals surface area contributed by atoms with Crippen LogP contribution in [0, 0.1) is 5.41 Å². The molecule has 0 heterocycles. The molecule has 0 unspecified atom stereocenters. The van der Waals surface area contributed by atoms with Gasteiger partial charge in [-0.1, -0.05) is 39.8 Å². The Morgan fingerprint density at radius 3 is 2.47 bits per heavy atom. The van der Waals surface area contributed by atoms with Crippen LogP contribution in [-0.4, -0.2) is 26.1 Å². The third-order valence-electron chi connectivity index (χ3n) is 4.89. The second kappa shape index (κ2) is 6.11. The van der Waals surface area contributed by atoms with E-state index in [1.807, 2.05) is 6.08 Å². The van der Waals surface area contributed by atoms with E-state index in [0.29, 0.717) is 5.04 Å². The van der Waals surface area contributed by atoms with Crippen LogP contribution in [0.25, 0.3) is 0 Å². The first-order valence-corrected chi connectivity index (χ1v) is 10.5. The van der Waals surface area contributed by atoms with Gasteiger partial charge in [0.2, 0.25) is 0 Å². The van der Waals surface area contributed by atoms with Gasteiger partial charge in [-0.25, -0.2) is 0 Å². The summed E-state index contributed by atoms with van der Waals surface area (Å²) in [7, 11) is -1.58. The monoisotopic (exact) mass is 284 g/mol. The van der Waals surface area contributed by atoms with E-state index in [2.05, 4.69) is 46.9 Å². The van der Waals surface area contributed by atoms with E-state index < -0.39 is 8.32 Å². The number of hydrogen-bond acceptors (Lipinski definition) is 2. The molecule has 112 valence electrons.